The number of nitrogens with one attached hydrogen (secondary N) is 2. The highest BCUT2D eigenvalue weighted by Gasteiger charge is 2.13. The fourth-order valence-electron chi connectivity index (χ4n) is 3.16. The van der Waals surface area contributed by atoms with Crippen molar-refractivity contribution < 1.29 is 23.5 Å². The fraction of sp³-hybridized carbons (Fsp3) is 0.318. The minimum absolute atomic E-state index is 0.218. The highest BCUT2D eigenvalue weighted by atomic mass is 19.1. The van der Waals surface area contributed by atoms with Crippen molar-refractivity contribution in [2.75, 3.05) is 36.5 Å². The van der Waals surface area contributed by atoms with Crippen molar-refractivity contribution in [1.29, 1.82) is 0 Å². The molecule has 8 heteroatoms. The predicted octanol–water partition coefficient (Wildman–Crippen LogP) is 2.73. The molecule has 158 valence electrons. The summed E-state index contributed by atoms with van der Waals surface area (Å²) in [5, 5.41) is 5.02. The molecule has 1 heterocycles. The van der Waals surface area contributed by atoms with Crippen LogP contribution in [-0.4, -0.2) is 44.0 Å². The van der Waals surface area contributed by atoms with Crippen LogP contribution in [0.5, 0.6) is 0 Å². The number of anilines is 2. The van der Waals surface area contributed by atoms with E-state index in [1.165, 1.54) is 31.4 Å². The largest absolute Gasteiger partial charge is 0.454 e. The summed E-state index contributed by atoms with van der Waals surface area (Å²) in [5.41, 5.74) is 1.95. The molecule has 3 rings (SSSR count). The molecule has 2 N–H and O–H groups in total. The molecule has 0 bridgehead atoms. The average Bonchev–Trinajstić information content (AvgIpc) is 2.77. The zero-order chi connectivity index (χ0) is 21.3. The molecule has 0 saturated carbocycles. The summed E-state index contributed by atoms with van der Waals surface area (Å²) < 4.78 is 17.7. The van der Waals surface area contributed by atoms with Crippen LogP contribution in [0.1, 0.15) is 29.6 Å². The number of carbonyl (C=O) groups is 3. The van der Waals surface area contributed by atoms with E-state index >= 15 is 0 Å². The smallest absolute Gasteiger partial charge is 0.325 e. The quantitative estimate of drug-likeness (QED) is 0.682. The van der Waals surface area contributed by atoms with E-state index in [-0.39, 0.29) is 5.56 Å². The first kappa shape index (κ1) is 21.3. The molecular formula is C22H24FN3O4. The molecule has 2 aromatic rings. The van der Waals surface area contributed by atoms with E-state index in [0.29, 0.717) is 5.69 Å². The summed E-state index contributed by atoms with van der Waals surface area (Å²) >= 11 is 0. The zero-order valence-corrected chi connectivity index (χ0v) is 16.5. The lowest BCUT2D eigenvalue weighted by Gasteiger charge is -2.28. The molecule has 1 fully saturated rings. The Morgan fingerprint density at radius 2 is 1.60 bits per heavy atom. The molecule has 0 spiro atoms. The minimum atomic E-state index is -0.749. The second-order valence-corrected chi connectivity index (χ2v) is 6.99. The van der Waals surface area contributed by atoms with Gasteiger partial charge >= 0.3 is 5.97 Å². The standard InChI is InChI=1S/C22H24FN3O4/c23-17-6-4-16(5-7-17)22(29)24-14-21(28)30-15-20(27)25-18-8-10-19(11-9-18)26-12-2-1-3-13-26/h4-11H,1-3,12-15H2,(H,24,29)(H,25,27). The maximum Gasteiger partial charge on any atom is 0.325 e. The van der Waals surface area contributed by atoms with Crippen molar-refractivity contribution in [3.05, 3.63) is 59.9 Å². The molecule has 0 aromatic heterocycles. The van der Waals surface area contributed by atoms with Crippen LogP contribution >= 0.6 is 0 Å². The van der Waals surface area contributed by atoms with Crippen molar-refractivity contribution in [1.82, 2.24) is 5.32 Å². The second-order valence-electron chi connectivity index (χ2n) is 6.99. The number of amides is 2. The van der Waals surface area contributed by atoms with Gasteiger partial charge < -0.3 is 20.3 Å². The van der Waals surface area contributed by atoms with Crippen molar-refractivity contribution >= 4 is 29.2 Å². The van der Waals surface area contributed by atoms with Crippen LogP contribution in [0.4, 0.5) is 15.8 Å². The number of hydrogen-bond donors (Lipinski definition) is 2. The Morgan fingerprint density at radius 3 is 2.27 bits per heavy atom. The summed E-state index contributed by atoms with van der Waals surface area (Å²) in [5.74, 6) is -2.22. The molecule has 2 aromatic carbocycles. The third-order valence-electron chi connectivity index (χ3n) is 4.74. The Labute approximate surface area is 174 Å². The Bertz CT molecular complexity index is 878. The molecule has 30 heavy (non-hydrogen) atoms. The van der Waals surface area contributed by atoms with E-state index in [1.54, 1.807) is 0 Å². The van der Waals surface area contributed by atoms with E-state index < -0.39 is 36.8 Å². The fourth-order valence-corrected chi connectivity index (χ4v) is 3.16. The Kier molecular flexibility index (Phi) is 7.37. The van der Waals surface area contributed by atoms with Crippen molar-refractivity contribution in [3.63, 3.8) is 0 Å². The first-order valence-electron chi connectivity index (χ1n) is 9.85. The van der Waals surface area contributed by atoms with Crippen LogP contribution in [-0.2, 0) is 14.3 Å². The molecule has 0 radical (unpaired) electrons. The van der Waals surface area contributed by atoms with Crippen LogP contribution < -0.4 is 15.5 Å². The highest BCUT2D eigenvalue weighted by molar-refractivity contribution is 5.96. The van der Waals surface area contributed by atoms with Gasteiger partial charge in [0.2, 0.25) is 0 Å². The van der Waals surface area contributed by atoms with Crippen molar-refractivity contribution in [2.45, 2.75) is 19.3 Å². The van der Waals surface area contributed by atoms with Gasteiger partial charge in [-0.1, -0.05) is 0 Å². The maximum atomic E-state index is 12.9. The van der Waals surface area contributed by atoms with Gasteiger partial charge in [0.1, 0.15) is 12.4 Å². The van der Waals surface area contributed by atoms with Gasteiger partial charge in [0.05, 0.1) is 0 Å². The average molecular weight is 413 g/mol. The molecule has 7 nitrogen and oxygen atoms in total. The maximum absolute atomic E-state index is 12.9. The summed E-state index contributed by atoms with van der Waals surface area (Å²) in [6.07, 6.45) is 3.64. The topological polar surface area (TPSA) is 87.7 Å². The predicted molar refractivity (Wildman–Crippen MR) is 111 cm³/mol. The monoisotopic (exact) mass is 413 g/mol. The number of carbonyl (C=O) groups excluding carboxylic acids is 3. The van der Waals surface area contributed by atoms with E-state index in [4.69, 9.17) is 4.74 Å². The van der Waals surface area contributed by atoms with Crippen LogP contribution in [0.15, 0.2) is 48.5 Å². The zero-order valence-electron chi connectivity index (χ0n) is 16.5. The Balaban J connectivity index is 1.38. The van der Waals surface area contributed by atoms with Gasteiger partial charge in [-0.05, 0) is 67.8 Å². The number of halogens is 1. The molecule has 0 aliphatic carbocycles. The van der Waals surface area contributed by atoms with Gasteiger partial charge in [0.15, 0.2) is 6.61 Å². The summed E-state index contributed by atoms with van der Waals surface area (Å²) in [4.78, 5) is 37.9. The van der Waals surface area contributed by atoms with E-state index in [9.17, 15) is 18.8 Å². The van der Waals surface area contributed by atoms with Crippen molar-refractivity contribution in [2.24, 2.45) is 0 Å². The third-order valence-corrected chi connectivity index (χ3v) is 4.74. The molecule has 1 aliphatic heterocycles. The number of esters is 1. The molecular weight excluding hydrogens is 389 g/mol. The summed E-state index contributed by atoms with van der Waals surface area (Å²) in [7, 11) is 0. The first-order valence-corrected chi connectivity index (χ1v) is 9.85. The van der Waals surface area contributed by atoms with Gasteiger partial charge in [0.25, 0.3) is 11.8 Å². The first-order chi connectivity index (χ1) is 14.5. The van der Waals surface area contributed by atoms with E-state index in [0.717, 1.165) is 30.9 Å². The van der Waals surface area contributed by atoms with Crippen molar-refractivity contribution in [3.8, 4) is 0 Å². The SMILES string of the molecule is O=C(COC(=O)CNC(=O)c1ccc(F)cc1)Nc1ccc(N2CCCCC2)cc1. The van der Waals surface area contributed by atoms with Gasteiger partial charge in [-0.15, -0.1) is 0 Å². The molecule has 0 atom stereocenters. The van der Waals surface area contributed by atoms with Crippen LogP contribution in [0, 0.1) is 5.82 Å². The third kappa shape index (κ3) is 6.30. The van der Waals surface area contributed by atoms with E-state index in [2.05, 4.69) is 15.5 Å². The number of rotatable bonds is 7. The van der Waals surface area contributed by atoms with E-state index in [1.807, 2.05) is 24.3 Å². The lowest BCUT2D eigenvalue weighted by atomic mass is 10.1. The van der Waals surface area contributed by atoms with Crippen LogP contribution in [0.25, 0.3) is 0 Å². The Morgan fingerprint density at radius 1 is 0.933 bits per heavy atom. The number of hydrogen-bond acceptors (Lipinski definition) is 5. The Hall–Kier alpha value is -3.42. The second kappa shape index (κ2) is 10.4. The van der Waals surface area contributed by atoms with Gasteiger partial charge in [-0.2, -0.15) is 0 Å². The lowest BCUT2D eigenvalue weighted by Crippen LogP contribution is -2.32. The normalized spacial score (nSPS) is 13.4. The van der Waals surface area contributed by atoms with Gasteiger partial charge in [-0.25, -0.2) is 4.39 Å². The molecule has 0 unspecified atom stereocenters. The number of ether oxygens (including phenoxy) is 1. The van der Waals surface area contributed by atoms with Crippen LogP contribution in [0.2, 0.25) is 0 Å². The molecule has 2 amide bonds. The number of nitrogens with zero attached hydrogens (tertiary/aromatic N) is 1. The lowest BCUT2D eigenvalue weighted by molar-refractivity contribution is -0.146. The highest BCUT2D eigenvalue weighted by Crippen LogP contribution is 2.21. The molecule has 1 saturated heterocycles. The summed E-state index contributed by atoms with van der Waals surface area (Å²) in [6, 6.07) is 12.4. The van der Waals surface area contributed by atoms with Gasteiger partial charge in [-0.3, -0.25) is 14.4 Å². The van der Waals surface area contributed by atoms with Crippen LogP contribution in [0.3, 0.4) is 0 Å². The number of benzene rings is 2. The molecule has 1 aliphatic rings. The van der Waals surface area contributed by atoms with Gasteiger partial charge in [0, 0.05) is 30.0 Å². The summed E-state index contributed by atoms with van der Waals surface area (Å²) in [6.45, 7) is 1.23. The number of piperidine rings is 1. The minimum Gasteiger partial charge on any atom is -0.454 e.